The Hall–Kier alpha value is -2.37. The van der Waals surface area contributed by atoms with E-state index < -0.39 is 0 Å². The fourth-order valence-corrected chi connectivity index (χ4v) is 1.59. The third-order valence-corrected chi connectivity index (χ3v) is 2.61. The number of H-pyrrole nitrogens is 1. The number of aryl methyl sites for hydroxylation is 1. The Kier molecular flexibility index (Phi) is 3.57. The molecule has 6 nitrogen and oxygen atoms in total. The molecule has 0 spiro atoms. The van der Waals surface area contributed by atoms with Gasteiger partial charge in [-0.3, -0.25) is 14.9 Å². The van der Waals surface area contributed by atoms with Gasteiger partial charge in [-0.2, -0.15) is 5.10 Å². The van der Waals surface area contributed by atoms with Crippen molar-refractivity contribution in [3.8, 4) is 0 Å². The van der Waals surface area contributed by atoms with Crippen molar-refractivity contribution in [1.82, 2.24) is 20.5 Å². The predicted octanol–water partition coefficient (Wildman–Crippen LogP) is 0.879. The summed E-state index contributed by atoms with van der Waals surface area (Å²) >= 11 is 0. The summed E-state index contributed by atoms with van der Waals surface area (Å²) in [6, 6.07) is 5.53. The number of carbonyl (C=O) groups is 1. The molecule has 0 aromatic carbocycles. The summed E-state index contributed by atoms with van der Waals surface area (Å²) < 4.78 is 0. The molecule has 0 radical (unpaired) electrons. The topological polar surface area (TPSA) is 96.7 Å². The SMILES string of the molecule is CCc1[nH]nc(C(=O)NCc2ccccn2)c1N. The lowest BCUT2D eigenvalue weighted by molar-refractivity contribution is 0.0946. The van der Waals surface area contributed by atoms with Gasteiger partial charge in [0, 0.05) is 6.20 Å². The molecule has 2 aromatic rings. The van der Waals surface area contributed by atoms with E-state index in [0.29, 0.717) is 18.7 Å². The molecule has 94 valence electrons. The highest BCUT2D eigenvalue weighted by atomic mass is 16.1. The number of carbonyl (C=O) groups excluding carboxylic acids is 1. The first-order chi connectivity index (χ1) is 8.72. The third kappa shape index (κ3) is 2.48. The van der Waals surface area contributed by atoms with Crippen molar-refractivity contribution in [2.45, 2.75) is 19.9 Å². The van der Waals surface area contributed by atoms with Crippen LogP contribution in [0.15, 0.2) is 24.4 Å². The van der Waals surface area contributed by atoms with Crippen LogP contribution in [0.1, 0.15) is 28.8 Å². The number of hydrogen-bond donors (Lipinski definition) is 3. The van der Waals surface area contributed by atoms with E-state index in [4.69, 9.17) is 5.73 Å². The Labute approximate surface area is 105 Å². The van der Waals surface area contributed by atoms with Crippen LogP contribution in [0.2, 0.25) is 0 Å². The minimum absolute atomic E-state index is 0.239. The van der Waals surface area contributed by atoms with E-state index in [1.54, 1.807) is 6.20 Å². The largest absolute Gasteiger partial charge is 0.395 e. The number of pyridine rings is 1. The summed E-state index contributed by atoms with van der Waals surface area (Å²) in [5.41, 5.74) is 8.03. The van der Waals surface area contributed by atoms with Crippen LogP contribution < -0.4 is 11.1 Å². The monoisotopic (exact) mass is 245 g/mol. The number of nitrogen functional groups attached to an aromatic ring is 1. The number of nitrogens with two attached hydrogens (primary N) is 1. The van der Waals surface area contributed by atoms with Gasteiger partial charge in [0.05, 0.1) is 23.6 Å². The zero-order valence-electron chi connectivity index (χ0n) is 10.1. The standard InChI is InChI=1S/C12H15N5O/c1-2-9-10(13)11(17-16-9)12(18)15-7-8-5-3-4-6-14-8/h3-6H,2,7,13H2,1H3,(H,15,18)(H,16,17). The van der Waals surface area contributed by atoms with Gasteiger partial charge in [0.2, 0.25) is 0 Å². The van der Waals surface area contributed by atoms with Gasteiger partial charge in [0.25, 0.3) is 5.91 Å². The molecule has 1 amide bonds. The summed E-state index contributed by atoms with van der Waals surface area (Å²) in [6.45, 7) is 2.30. The fourth-order valence-electron chi connectivity index (χ4n) is 1.59. The van der Waals surface area contributed by atoms with Gasteiger partial charge < -0.3 is 11.1 Å². The first-order valence-corrected chi connectivity index (χ1v) is 5.73. The molecule has 4 N–H and O–H groups in total. The fraction of sp³-hybridized carbons (Fsp3) is 0.250. The molecular formula is C12H15N5O. The van der Waals surface area contributed by atoms with Crippen molar-refractivity contribution >= 4 is 11.6 Å². The molecule has 0 saturated heterocycles. The van der Waals surface area contributed by atoms with Crippen LogP contribution in [0.4, 0.5) is 5.69 Å². The molecule has 2 aromatic heterocycles. The number of amides is 1. The van der Waals surface area contributed by atoms with Crippen molar-refractivity contribution in [2.24, 2.45) is 0 Å². The van der Waals surface area contributed by atoms with E-state index in [9.17, 15) is 4.79 Å². The van der Waals surface area contributed by atoms with E-state index >= 15 is 0 Å². The molecule has 2 heterocycles. The number of hydrogen-bond acceptors (Lipinski definition) is 4. The van der Waals surface area contributed by atoms with Gasteiger partial charge in [-0.25, -0.2) is 0 Å². The Morgan fingerprint density at radius 2 is 2.33 bits per heavy atom. The van der Waals surface area contributed by atoms with Crippen LogP contribution in [0.25, 0.3) is 0 Å². The van der Waals surface area contributed by atoms with Crippen molar-refractivity contribution in [3.63, 3.8) is 0 Å². The number of anilines is 1. The second kappa shape index (κ2) is 5.31. The quantitative estimate of drug-likeness (QED) is 0.744. The zero-order valence-corrected chi connectivity index (χ0v) is 10.1. The van der Waals surface area contributed by atoms with Crippen LogP contribution in [-0.4, -0.2) is 21.1 Å². The average Bonchev–Trinajstić information content (AvgIpc) is 2.78. The molecular weight excluding hydrogens is 230 g/mol. The van der Waals surface area contributed by atoms with Crippen molar-refractivity contribution in [2.75, 3.05) is 5.73 Å². The minimum atomic E-state index is -0.297. The lowest BCUT2D eigenvalue weighted by Crippen LogP contribution is -2.24. The third-order valence-electron chi connectivity index (χ3n) is 2.61. The van der Waals surface area contributed by atoms with Gasteiger partial charge in [0.1, 0.15) is 0 Å². The average molecular weight is 245 g/mol. The van der Waals surface area contributed by atoms with Gasteiger partial charge in [-0.15, -0.1) is 0 Å². The van der Waals surface area contributed by atoms with Gasteiger partial charge >= 0.3 is 0 Å². The van der Waals surface area contributed by atoms with Crippen molar-refractivity contribution in [1.29, 1.82) is 0 Å². The van der Waals surface area contributed by atoms with Crippen molar-refractivity contribution < 1.29 is 4.79 Å². The Bertz CT molecular complexity index is 535. The molecule has 2 rings (SSSR count). The minimum Gasteiger partial charge on any atom is -0.395 e. The summed E-state index contributed by atoms with van der Waals surface area (Å²) in [4.78, 5) is 16.0. The maximum Gasteiger partial charge on any atom is 0.274 e. The first-order valence-electron chi connectivity index (χ1n) is 5.73. The number of nitrogens with zero attached hydrogens (tertiary/aromatic N) is 2. The van der Waals surface area contributed by atoms with E-state index in [0.717, 1.165) is 11.4 Å². The molecule has 0 saturated carbocycles. The maximum atomic E-state index is 11.9. The number of aromatic amines is 1. The highest BCUT2D eigenvalue weighted by Gasteiger charge is 2.15. The lowest BCUT2D eigenvalue weighted by atomic mass is 10.2. The summed E-state index contributed by atoms with van der Waals surface area (Å²) in [5.74, 6) is -0.297. The predicted molar refractivity (Wildman–Crippen MR) is 67.8 cm³/mol. The molecule has 6 heteroatoms. The zero-order chi connectivity index (χ0) is 13.0. The van der Waals surface area contributed by atoms with Crippen LogP contribution in [0.3, 0.4) is 0 Å². The molecule has 0 atom stereocenters. The van der Waals surface area contributed by atoms with Gasteiger partial charge in [-0.1, -0.05) is 13.0 Å². The summed E-state index contributed by atoms with van der Waals surface area (Å²) in [6.07, 6.45) is 2.39. The second-order valence-electron chi connectivity index (χ2n) is 3.82. The molecule has 18 heavy (non-hydrogen) atoms. The van der Waals surface area contributed by atoms with E-state index in [2.05, 4.69) is 20.5 Å². The Morgan fingerprint density at radius 1 is 1.50 bits per heavy atom. The Balaban J connectivity index is 2.02. The maximum absolute atomic E-state index is 11.9. The Morgan fingerprint density at radius 3 is 2.94 bits per heavy atom. The molecule has 0 aliphatic heterocycles. The van der Waals surface area contributed by atoms with E-state index in [-0.39, 0.29) is 11.6 Å². The first kappa shape index (κ1) is 12.1. The number of nitrogens with one attached hydrogen (secondary N) is 2. The smallest absolute Gasteiger partial charge is 0.274 e. The van der Waals surface area contributed by atoms with Crippen LogP contribution in [-0.2, 0) is 13.0 Å². The van der Waals surface area contributed by atoms with Crippen LogP contribution in [0.5, 0.6) is 0 Å². The second-order valence-corrected chi connectivity index (χ2v) is 3.82. The summed E-state index contributed by atoms with van der Waals surface area (Å²) in [5, 5.41) is 9.40. The summed E-state index contributed by atoms with van der Waals surface area (Å²) in [7, 11) is 0. The molecule has 0 bridgehead atoms. The highest BCUT2D eigenvalue weighted by Crippen LogP contribution is 2.14. The normalized spacial score (nSPS) is 10.3. The van der Waals surface area contributed by atoms with E-state index in [1.165, 1.54) is 0 Å². The van der Waals surface area contributed by atoms with Crippen LogP contribution in [0, 0.1) is 0 Å². The number of rotatable bonds is 4. The molecule has 0 unspecified atom stereocenters. The molecule has 0 aliphatic carbocycles. The van der Waals surface area contributed by atoms with Crippen LogP contribution >= 0.6 is 0 Å². The van der Waals surface area contributed by atoms with Gasteiger partial charge in [0.15, 0.2) is 5.69 Å². The number of aromatic nitrogens is 3. The highest BCUT2D eigenvalue weighted by molar-refractivity contribution is 5.97. The van der Waals surface area contributed by atoms with Gasteiger partial charge in [-0.05, 0) is 18.6 Å². The molecule has 0 aliphatic rings. The molecule has 0 fully saturated rings. The van der Waals surface area contributed by atoms with E-state index in [1.807, 2.05) is 25.1 Å². The van der Waals surface area contributed by atoms with Crippen molar-refractivity contribution in [3.05, 3.63) is 41.5 Å². The lowest BCUT2D eigenvalue weighted by Gasteiger charge is -2.03.